The van der Waals surface area contributed by atoms with Crippen molar-refractivity contribution in [1.82, 2.24) is 14.3 Å². The van der Waals surface area contributed by atoms with Crippen molar-refractivity contribution in [3.63, 3.8) is 0 Å². The highest BCUT2D eigenvalue weighted by atomic mass is 16.3. The molecule has 1 N–H and O–H groups in total. The molecule has 110 valence electrons. The Kier molecular flexibility index (Phi) is 3.22. The van der Waals surface area contributed by atoms with Gasteiger partial charge in [0.2, 0.25) is 0 Å². The van der Waals surface area contributed by atoms with Gasteiger partial charge in [0.05, 0.1) is 23.8 Å². The standard InChI is InChI=1S/C17H15N3O2/c1-4-9-20-13-10-18-19(3)15(13)16(21)14(17(20)22)12-8-6-5-7-11(12)2/h1,5-8,10,21H,9H2,2-3H3. The normalized spacial score (nSPS) is 10.8. The SMILES string of the molecule is C#CCn1c(=O)c(-c2ccccc2C)c(O)c2c1cnn2C. The van der Waals surface area contributed by atoms with Crippen LogP contribution in [0.5, 0.6) is 5.75 Å². The molecule has 0 aliphatic rings. The van der Waals surface area contributed by atoms with E-state index in [1.54, 1.807) is 11.7 Å². The van der Waals surface area contributed by atoms with Gasteiger partial charge in [-0.3, -0.25) is 14.0 Å². The summed E-state index contributed by atoms with van der Waals surface area (Å²) in [7, 11) is 1.72. The van der Waals surface area contributed by atoms with Crippen LogP contribution in [0.25, 0.3) is 22.2 Å². The number of hydrogen-bond donors (Lipinski definition) is 1. The topological polar surface area (TPSA) is 60.1 Å². The number of hydrogen-bond acceptors (Lipinski definition) is 3. The lowest BCUT2D eigenvalue weighted by atomic mass is 10.0. The molecule has 5 nitrogen and oxygen atoms in total. The van der Waals surface area contributed by atoms with E-state index in [9.17, 15) is 9.90 Å². The molecule has 0 aliphatic carbocycles. The molecule has 0 aliphatic heterocycles. The summed E-state index contributed by atoms with van der Waals surface area (Å²) in [5, 5.41) is 14.8. The van der Waals surface area contributed by atoms with E-state index in [2.05, 4.69) is 11.0 Å². The fourth-order valence-corrected chi connectivity index (χ4v) is 2.71. The van der Waals surface area contributed by atoms with Crippen LogP contribution in [-0.4, -0.2) is 19.5 Å². The van der Waals surface area contributed by atoms with Gasteiger partial charge >= 0.3 is 0 Å². The Morgan fingerprint density at radius 1 is 1.36 bits per heavy atom. The van der Waals surface area contributed by atoms with E-state index in [-0.39, 0.29) is 23.4 Å². The molecule has 0 radical (unpaired) electrons. The van der Waals surface area contributed by atoms with Crippen molar-refractivity contribution >= 4 is 11.0 Å². The van der Waals surface area contributed by atoms with Crippen LogP contribution in [0, 0.1) is 19.3 Å². The van der Waals surface area contributed by atoms with E-state index < -0.39 is 0 Å². The van der Waals surface area contributed by atoms with Crippen LogP contribution < -0.4 is 5.56 Å². The number of aromatic hydroxyl groups is 1. The van der Waals surface area contributed by atoms with Crippen LogP contribution in [0.2, 0.25) is 0 Å². The summed E-state index contributed by atoms with van der Waals surface area (Å²) < 4.78 is 3.00. The number of aromatic nitrogens is 3. The first kappa shape index (κ1) is 14.0. The van der Waals surface area contributed by atoms with E-state index in [4.69, 9.17) is 6.42 Å². The monoisotopic (exact) mass is 293 g/mol. The van der Waals surface area contributed by atoms with Crippen LogP contribution in [0.3, 0.4) is 0 Å². The van der Waals surface area contributed by atoms with Crippen LogP contribution in [0.15, 0.2) is 35.3 Å². The number of nitrogens with zero attached hydrogens (tertiary/aromatic N) is 3. The van der Waals surface area contributed by atoms with Crippen LogP contribution in [0.1, 0.15) is 5.56 Å². The highest BCUT2D eigenvalue weighted by molar-refractivity contribution is 5.90. The van der Waals surface area contributed by atoms with E-state index in [0.717, 1.165) is 5.56 Å². The summed E-state index contributed by atoms with van der Waals surface area (Å²) in [5.74, 6) is 2.42. The van der Waals surface area contributed by atoms with Gasteiger partial charge in [0.15, 0.2) is 5.75 Å². The first-order chi connectivity index (χ1) is 10.6. The minimum Gasteiger partial charge on any atom is -0.505 e. The van der Waals surface area contributed by atoms with Gasteiger partial charge in [0.1, 0.15) is 5.52 Å². The molecule has 0 bridgehead atoms. The largest absolute Gasteiger partial charge is 0.505 e. The van der Waals surface area contributed by atoms with Crippen molar-refractivity contribution in [2.75, 3.05) is 0 Å². The lowest BCUT2D eigenvalue weighted by Crippen LogP contribution is -2.22. The second-order valence-electron chi connectivity index (χ2n) is 5.14. The van der Waals surface area contributed by atoms with Crippen LogP contribution in [-0.2, 0) is 13.6 Å². The van der Waals surface area contributed by atoms with Gasteiger partial charge in [-0.05, 0) is 18.1 Å². The lowest BCUT2D eigenvalue weighted by Gasteiger charge is -2.12. The van der Waals surface area contributed by atoms with Gasteiger partial charge < -0.3 is 5.11 Å². The highest BCUT2D eigenvalue weighted by Gasteiger charge is 2.21. The number of terminal acetylenes is 1. The van der Waals surface area contributed by atoms with E-state index in [1.165, 1.54) is 10.8 Å². The Hall–Kier alpha value is -3.00. The predicted octanol–water partition coefficient (Wildman–Crippen LogP) is 2.05. The molecule has 3 rings (SSSR count). The fourth-order valence-electron chi connectivity index (χ4n) is 2.71. The number of aryl methyl sites for hydroxylation is 2. The number of fused-ring (bicyclic) bond motifs is 1. The maximum Gasteiger partial charge on any atom is 0.263 e. The smallest absolute Gasteiger partial charge is 0.263 e. The Balaban J connectivity index is 2.51. The van der Waals surface area contributed by atoms with Gasteiger partial charge in [-0.25, -0.2) is 0 Å². The summed E-state index contributed by atoms with van der Waals surface area (Å²) in [4.78, 5) is 12.8. The van der Waals surface area contributed by atoms with Crippen molar-refractivity contribution in [3.05, 3.63) is 46.4 Å². The minimum absolute atomic E-state index is 0.0671. The molecule has 0 amide bonds. The van der Waals surface area contributed by atoms with Gasteiger partial charge in [-0.1, -0.05) is 30.2 Å². The zero-order chi connectivity index (χ0) is 15.9. The molecule has 0 unspecified atom stereocenters. The van der Waals surface area contributed by atoms with Crippen LogP contribution in [0.4, 0.5) is 0 Å². The maximum absolute atomic E-state index is 12.8. The molecule has 0 spiro atoms. The maximum atomic E-state index is 12.8. The molecule has 0 saturated carbocycles. The average molecular weight is 293 g/mol. The predicted molar refractivity (Wildman–Crippen MR) is 85.6 cm³/mol. The molecule has 1 aromatic carbocycles. The summed E-state index contributed by atoms with van der Waals surface area (Å²) in [6.07, 6.45) is 6.92. The van der Waals surface area contributed by atoms with Gasteiger partial charge in [0, 0.05) is 7.05 Å². The lowest BCUT2D eigenvalue weighted by molar-refractivity contribution is 0.477. The van der Waals surface area contributed by atoms with Crippen molar-refractivity contribution < 1.29 is 5.11 Å². The summed E-state index contributed by atoms with van der Waals surface area (Å²) in [5.41, 5.74) is 2.56. The Labute approximate surface area is 127 Å². The zero-order valence-corrected chi connectivity index (χ0v) is 12.4. The summed E-state index contributed by atoms with van der Waals surface area (Å²) in [6, 6.07) is 7.43. The van der Waals surface area contributed by atoms with Crippen LogP contribution >= 0.6 is 0 Å². The molecule has 22 heavy (non-hydrogen) atoms. The molecule has 2 heterocycles. The minimum atomic E-state index is -0.315. The van der Waals surface area contributed by atoms with Gasteiger partial charge in [-0.15, -0.1) is 6.42 Å². The number of pyridine rings is 1. The third-order valence-corrected chi connectivity index (χ3v) is 3.79. The Morgan fingerprint density at radius 2 is 2.09 bits per heavy atom. The third kappa shape index (κ3) is 1.89. The number of rotatable bonds is 2. The highest BCUT2D eigenvalue weighted by Crippen LogP contribution is 2.34. The summed E-state index contributed by atoms with van der Waals surface area (Å²) in [6.45, 7) is 2.02. The van der Waals surface area contributed by atoms with E-state index in [0.29, 0.717) is 16.6 Å². The fraction of sp³-hybridized carbons (Fsp3) is 0.176. The van der Waals surface area contributed by atoms with E-state index >= 15 is 0 Å². The quantitative estimate of drug-likeness (QED) is 0.736. The second-order valence-corrected chi connectivity index (χ2v) is 5.14. The first-order valence-electron chi connectivity index (χ1n) is 6.83. The Morgan fingerprint density at radius 3 is 2.77 bits per heavy atom. The second kappa shape index (κ2) is 5.08. The third-order valence-electron chi connectivity index (χ3n) is 3.79. The van der Waals surface area contributed by atoms with Crippen molar-refractivity contribution in [2.45, 2.75) is 13.5 Å². The molecule has 0 fully saturated rings. The molecule has 5 heteroatoms. The van der Waals surface area contributed by atoms with Crippen molar-refractivity contribution in [2.24, 2.45) is 7.05 Å². The molecule has 3 aromatic rings. The van der Waals surface area contributed by atoms with Gasteiger partial charge in [0.25, 0.3) is 5.56 Å². The summed E-state index contributed by atoms with van der Waals surface area (Å²) >= 11 is 0. The Bertz CT molecular complexity index is 974. The molecule has 2 aromatic heterocycles. The first-order valence-corrected chi connectivity index (χ1v) is 6.83. The van der Waals surface area contributed by atoms with E-state index in [1.807, 2.05) is 31.2 Å². The average Bonchev–Trinajstić information content (AvgIpc) is 2.87. The zero-order valence-electron chi connectivity index (χ0n) is 12.4. The molecule has 0 atom stereocenters. The van der Waals surface area contributed by atoms with Gasteiger partial charge in [-0.2, -0.15) is 5.10 Å². The molecular weight excluding hydrogens is 278 g/mol. The van der Waals surface area contributed by atoms with Crippen molar-refractivity contribution in [1.29, 1.82) is 0 Å². The van der Waals surface area contributed by atoms with Crippen molar-refractivity contribution in [3.8, 4) is 29.2 Å². The molecular formula is C17H15N3O2. The molecule has 0 saturated heterocycles. The number of benzene rings is 1.